The van der Waals surface area contributed by atoms with Gasteiger partial charge in [0.1, 0.15) is 11.6 Å². The van der Waals surface area contributed by atoms with Crippen molar-refractivity contribution in [3.8, 4) is 5.69 Å². The molecule has 1 amide bonds. The molecule has 0 bridgehead atoms. The predicted octanol–water partition coefficient (Wildman–Crippen LogP) is 3.64. The van der Waals surface area contributed by atoms with Gasteiger partial charge in [-0.15, -0.1) is 10.6 Å². The van der Waals surface area contributed by atoms with Crippen LogP contribution in [0.5, 0.6) is 0 Å². The van der Waals surface area contributed by atoms with E-state index in [4.69, 9.17) is 0 Å². The van der Waals surface area contributed by atoms with Crippen molar-refractivity contribution >= 4 is 23.4 Å². The van der Waals surface area contributed by atoms with Gasteiger partial charge in [0.25, 0.3) is 5.91 Å². The number of aromatic nitrogens is 3. The number of benzene rings is 1. The summed E-state index contributed by atoms with van der Waals surface area (Å²) in [7, 11) is 0. The topological polar surface area (TPSA) is 99.5 Å². The average Bonchev–Trinajstić information content (AvgIpc) is 3.31. The maximum Gasteiger partial charge on any atom is 0.259 e. The molecule has 0 atom stereocenters. The fourth-order valence-electron chi connectivity index (χ4n) is 3.78. The number of halogens is 1. The molecular formula is C23H25FN8O. The Kier molecular flexibility index (Phi) is 5.29. The zero-order chi connectivity index (χ0) is 23.1. The first-order valence-electron chi connectivity index (χ1n) is 10.9. The second-order valence-corrected chi connectivity index (χ2v) is 8.62. The van der Waals surface area contributed by atoms with Crippen molar-refractivity contribution < 1.29 is 9.18 Å². The predicted molar refractivity (Wildman–Crippen MR) is 123 cm³/mol. The molecule has 9 nitrogen and oxygen atoms in total. The summed E-state index contributed by atoms with van der Waals surface area (Å²) in [4.78, 5) is 21.9. The molecule has 1 aliphatic carbocycles. The number of anilines is 2. The van der Waals surface area contributed by atoms with Gasteiger partial charge >= 0.3 is 0 Å². The Morgan fingerprint density at radius 2 is 2.09 bits per heavy atom. The van der Waals surface area contributed by atoms with Crippen LogP contribution < -0.4 is 21.4 Å². The lowest BCUT2D eigenvalue weighted by Gasteiger charge is -2.20. The van der Waals surface area contributed by atoms with Crippen molar-refractivity contribution in [1.82, 2.24) is 25.6 Å². The molecule has 1 saturated carbocycles. The van der Waals surface area contributed by atoms with Gasteiger partial charge in [-0.3, -0.25) is 4.79 Å². The molecule has 3 N–H and O–H groups in total. The molecule has 3 aromatic rings. The Balaban J connectivity index is 1.39. The number of pyridine rings is 1. The number of carbonyl (C=O) groups excluding carboxylic acids is 1. The van der Waals surface area contributed by atoms with E-state index in [9.17, 15) is 9.18 Å². The van der Waals surface area contributed by atoms with Crippen molar-refractivity contribution in [2.75, 3.05) is 10.3 Å². The maximum atomic E-state index is 14.8. The van der Waals surface area contributed by atoms with Gasteiger partial charge in [-0.1, -0.05) is 19.9 Å². The molecule has 1 aliphatic heterocycles. The minimum atomic E-state index is -0.591. The molecule has 0 spiro atoms. The van der Waals surface area contributed by atoms with Crippen molar-refractivity contribution in [1.29, 1.82) is 0 Å². The zero-order valence-electron chi connectivity index (χ0n) is 18.6. The van der Waals surface area contributed by atoms with Crippen LogP contribution in [0.2, 0.25) is 0 Å². The molecular weight excluding hydrogens is 423 g/mol. The van der Waals surface area contributed by atoms with E-state index in [1.165, 1.54) is 6.07 Å². The van der Waals surface area contributed by atoms with Crippen LogP contribution in [0.3, 0.4) is 0 Å². The monoisotopic (exact) mass is 448 g/mol. The van der Waals surface area contributed by atoms with Crippen molar-refractivity contribution in [3.05, 3.63) is 65.5 Å². The number of nitrogens with one attached hydrogen (secondary N) is 3. The van der Waals surface area contributed by atoms with E-state index >= 15 is 0 Å². The van der Waals surface area contributed by atoms with Crippen molar-refractivity contribution in [3.63, 3.8) is 0 Å². The summed E-state index contributed by atoms with van der Waals surface area (Å²) in [5.74, 6) is 1.09. The number of imidazole rings is 1. The third kappa shape index (κ3) is 4.17. The van der Waals surface area contributed by atoms with E-state index in [0.717, 1.165) is 29.9 Å². The summed E-state index contributed by atoms with van der Waals surface area (Å²) < 4.78 is 16.6. The molecule has 33 heavy (non-hydrogen) atoms. The molecule has 1 aromatic carbocycles. The summed E-state index contributed by atoms with van der Waals surface area (Å²) in [6.45, 7) is 5.84. The first-order chi connectivity index (χ1) is 15.9. The van der Waals surface area contributed by atoms with Gasteiger partial charge in [-0.05, 0) is 49.6 Å². The smallest absolute Gasteiger partial charge is 0.259 e. The molecule has 0 radical (unpaired) electrons. The van der Waals surface area contributed by atoms with Gasteiger partial charge in [0.05, 0.1) is 23.3 Å². The summed E-state index contributed by atoms with van der Waals surface area (Å²) in [6, 6.07) is 8.13. The lowest BCUT2D eigenvalue weighted by Crippen LogP contribution is -2.43. The van der Waals surface area contributed by atoms with E-state index in [-0.39, 0.29) is 11.5 Å². The number of aryl methyl sites for hydroxylation is 1. The van der Waals surface area contributed by atoms with Crippen molar-refractivity contribution in [2.45, 2.75) is 39.5 Å². The average molecular weight is 449 g/mol. The number of amidine groups is 1. The number of nitrogens with zero attached hydrogens (tertiary/aromatic N) is 5. The van der Waals surface area contributed by atoms with Crippen molar-refractivity contribution in [2.24, 2.45) is 11.0 Å². The van der Waals surface area contributed by atoms with Crippen LogP contribution in [0.4, 0.5) is 16.0 Å². The highest BCUT2D eigenvalue weighted by molar-refractivity contribution is 6.04. The van der Waals surface area contributed by atoms with Crippen LogP contribution in [0, 0.1) is 18.7 Å². The van der Waals surface area contributed by atoms with E-state index in [0.29, 0.717) is 23.2 Å². The molecule has 0 saturated heterocycles. The van der Waals surface area contributed by atoms with Crippen LogP contribution in [0.1, 0.15) is 54.2 Å². The number of amides is 1. The van der Waals surface area contributed by atoms with Crippen LogP contribution in [0.15, 0.2) is 48.0 Å². The van der Waals surface area contributed by atoms with E-state index in [1.807, 2.05) is 31.5 Å². The highest BCUT2D eigenvalue weighted by Gasteiger charge is 2.26. The lowest BCUT2D eigenvalue weighted by atomic mass is 10.1. The number of rotatable bonds is 6. The standard InChI is InChI=1S/C23H25FN8O/c1-13(2)22-28-29-30-32(22)21-6-4-5-20(26-21)27-23(33)16-10-19(14(3)9-17(16)24)31-11-18(25-12-31)15-7-8-15/h4-6,9-13,15,29-30H,7-8H2,1-3H3,(H,26,27,33). The van der Waals surface area contributed by atoms with Crippen LogP contribution in [-0.4, -0.2) is 26.3 Å². The summed E-state index contributed by atoms with van der Waals surface area (Å²) in [5, 5.41) is 8.61. The fraction of sp³-hybridized carbons (Fsp3) is 0.304. The van der Waals surface area contributed by atoms with Crippen LogP contribution >= 0.6 is 0 Å². The largest absolute Gasteiger partial charge is 0.306 e. The second-order valence-electron chi connectivity index (χ2n) is 8.62. The number of hydrazine groups is 2. The SMILES string of the molecule is Cc1cc(F)c(C(=O)Nc2cccc(N3NNN=C3C(C)C)n2)cc1-n1cnc(C2CC2)c1. The molecule has 0 unspecified atom stereocenters. The number of hydrogen-bond acceptors (Lipinski definition) is 7. The van der Waals surface area contributed by atoms with Gasteiger partial charge in [0, 0.05) is 18.0 Å². The Morgan fingerprint density at radius 3 is 2.85 bits per heavy atom. The van der Waals surface area contributed by atoms with Crippen LogP contribution in [0.25, 0.3) is 5.69 Å². The summed E-state index contributed by atoms with van der Waals surface area (Å²) in [5.41, 5.74) is 8.02. The van der Waals surface area contributed by atoms with Gasteiger partial charge in [-0.25, -0.2) is 24.9 Å². The Hall–Kier alpha value is -3.79. The summed E-state index contributed by atoms with van der Waals surface area (Å²) >= 11 is 0. The second kappa shape index (κ2) is 8.28. The molecule has 2 aliphatic rings. The van der Waals surface area contributed by atoms with Gasteiger partial charge in [-0.2, -0.15) is 0 Å². The molecule has 1 fully saturated rings. The first-order valence-corrected chi connectivity index (χ1v) is 10.9. The highest BCUT2D eigenvalue weighted by atomic mass is 19.1. The molecule has 2 aromatic heterocycles. The molecule has 170 valence electrons. The molecule has 10 heteroatoms. The number of hydrogen-bond donors (Lipinski definition) is 3. The van der Waals surface area contributed by atoms with Gasteiger partial charge < -0.3 is 9.88 Å². The normalized spacial score (nSPS) is 15.5. The quantitative estimate of drug-likeness (QED) is 0.533. The maximum absolute atomic E-state index is 14.8. The highest BCUT2D eigenvalue weighted by Crippen LogP contribution is 2.39. The van der Waals surface area contributed by atoms with Gasteiger partial charge in [0.2, 0.25) is 0 Å². The fourth-order valence-corrected chi connectivity index (χ4v) is 3.78. The third-order valence-electron chi connectivity index (χ3n) is 5.69. The Bertz CT molecular complexity index is 1250. The summed E-state index contributed by atoms with van der Waals surface area (Å²) in [6.07, 6.45) is 5.96. The Labute approximate surface area is 190 Å². The third-order valence-corrected chi connectivity index (χ3v) is 5.69. The lowest BCUT2D eigenvalue weighted by molar-refractivity contribution is 0.102. The van der Waals surface area contributed by atoms with E-state index in [1.54, 1.807) is 35.6 Å². The first kappa shape index (κ1) is 21.1. The Morgan fingerprint density at radius 1 is 1.27 bits per heavy atom. The van der Waals surface area contributed by atoms with E-state index < -0.39 is 11.7 Å². The number of hydrazone groups is 1. The van der Waals surface area contributed by atoms with Crippen LogP contribution in [-0.2, 0) is 0 Å². The molecule has 3 heterocycles. The van der Waals surface area contributed by atoms with E-state index in [2.05, 4.69) is 31.5 Å². The minimum absolute atomic E-state index is 0.0603. The molecule has 5 rings (SSSR count). The zero-order valence-corrected chi connectivity index (χ0v) is 18.6. The minimum Gasteiger partial charge on any atom is -0.306 e. The van der Waals surface area contributed by atoms with Gasteiger partial charge in [0.15, 0.2) is 11.7 Å². The number of carbonyl (C=O) groups is 1.